The number of nitrogens with one attached hydrogen (secondary N) is 2. The van der Waals surface area contributed by atoms with E-state index in [2.05, 4.69) is 15.6 Å². The number of imide groups is 1. The Labute approximate surface area is 186 Å². The predicted molar refractivity (Wildman–Crippen MR) is 118 cm³/mol. The van der Waals surface area contributed by atoms with Gasteiger partial charge in [0.2, 0.25) is 17.7 Å². The lowest BCUT2D eigenvalue weighted by Crippen LogP contribution is -2.52. The van der Waals surface area contributed by atoms with Gasteiger partial charge in [0, 0.05) is 30.6 Å². The van der Waals surface area contributed by atoms with Crippen LogP contribution in [0.5, 0.6) is 0 Å². The molecule has 32 heavy (non-hydrogen) atoms. The molecule has 4 rings (SSSR count). The molecule has 1 atom stereocenters. The first-order valence-corrected chi connectivity index (χ1v) is 10.9. The van der Waals surface area contributed by atoms with Crippen molar-refractivity contribution in [1.82, 2.24) is 15.2 Å². The van der Waals surface area contributed by atoms with Crippen LogP contribution in [-0.2, 0) is 33.8 Å². The SMILES string of the molecule is CCc1cc(NC(=O)CCc2ccc3c(c2)C(=O)N(C2CCC(=O)NC2=O)C3)cnc1C. The summed E-state index contributed by atoms with van der Waals surface area (Å²) in [6, 6.07) is 6.91. The first-order chi connectivity index (χ1) is 15.4. The van der Waals surface area contributed by atoms with Gasteiger partial charge in [0.05, 0.1) is 11.9 Å². The third kappa shape index (κ3) is 4.39. The number of fused-ring (bicyclic) bond motifs is 1. The largest absolute Gasteiger partial charge is 0.325 e. The van der Waals surface area contributed by atoms with E-state index in [-0.39, 0.29) is 30.6 Å². The lowest BCUT2D eigenvalue weighted by Gasteiger charge is -2.29. The highest BCUT2D eigenvalue weighted by Gasteiger charge is 2.39. The second-order valence-electron chi connectivity index (χ2n) is 8.26. The van der Waals surface area contributed by atoms with Gasteiger partial charge in [0.25, 0.3) is 5.91 Å². The van der Waals surface area contributed by atoms with Crippen molar-refractivity contribution in [3.05, 3.63) is 58.4 Å². The Morgan fingerprint density at radius 1 is 1.25 bits per heavy atom. The normalized spacial score (nSPS) is 17.9. The number of amides is 4. The Morgan fingerprint density at radius 3 is 2.81 bits per heavy atom. The van der Waals surface area contributed by atoms with E-state index >= 15 is 0 Å². The zero-order valence-corrected chi connectivity index (χ0v) is 18.2. The molecule has 0 radical (unpaired) electrons. The zero-order chi connectivity index (χ0) is 22.8. The van der Waals surface area contributed by atoms with Crippen LogP contribution in [0.1, 0.15) is 58.9 Å². The number of aryl methyl sites for hydroxylation is 3. The summed E-state index contributed by atoms with van der Waals surface area (Å²) in [4.78, 5) is 54.7. The molecule has 1 aromatic heterocycles. The van der Waals surface area contributed by atoms with E-state index < -0.39 is 11.9 Å². The zero-order valence-electron chi connectivity index (χ0n) is 18.2. The second-order valence-corrected chi connectivity index (χ2v) is 8.26. The minimum Gasteiger partial charge on any atom is -0.325 e. The summed E-state index contributed by atoms with van der Waals surface area (Å²) in [7, 11) is 0. The van der Waals surface area contributed by atoms with Crippen LogP contribution in [0.15, 0.2) is 30.5 Å². The number of aromatic nitrogens is 1. The van der Waals surface area contributed by atoms with Crippen molar-refractivity contribution in [3.8, 4) is 0 Å². The van der Waals surface area contributed by atoms with Gasteiger partial charge in [-0.15, -0.1) is 0 Å². The van der Waals surface area contributed by atoms with E-state index in [1.54, 1.807) is 12.3 Å². The van der Waals surface area contributed by atoms with E-state index in [4.69, 9.17) is 0 Å². The van der Waals surface area contributed by atoms with Crippen LogP contribution >= 0.6 is 0 Å². The average molecular weight is 434 g/mol. The van der Waals surface area contributed by atoms with Crippen LogP contribution in [0.2, 0.25) is 0 Å². The molecule has 2 N–H and O–H groups in total. The molecule has 1 aromatic carbocycles. The van der Waals surface area contributed by atoms with Crippen LogP contribution < -0.4 is 10.6 Å². The van der Waals surface area contributed by atoms with Gasteiger partial charge < -0.3 is 10.2 Å². The molecule has 8 heteroatoms. The molecule has 0 saturated carbocycles. The van der Waals surface area contributed by atoms with Crippen LogP contribution in [0.25, 0.3) is 0 Å². The van der Waals surface area contributed by atoms with Crippen molar-refractivity contribution in [2.75, 3.05) is 5.32 Å². The van der Waals surface area contributed by atoms with Crippen molar-refractivity contribution in [3.63, 3.8) is 0 Å². The summed E-state index contributed by atoms with van der Waals surface area (Å²) in [5, 5.41) is 5.19. The predicted octanol–water partition coefficient (Wildman–Crippen LogP) is 2.28. The molecule has 3 heterocycles. The molecule has 1 saturated heterocycles. The Hall–Kier alpha value is -3.55. The van der Waals surface area contributed by atoms with Crippen molar-refractivity contribution in [2.24, 2.45) is 0 Å². The molecule has 2 aliphatic heterocycles. The summed E-state index contributed by atoms with van der Waals surface area (Å²) in [5.74, 6) is -1.05. The van der Waals surface area contributed by atoms with Gasteiger partial charge >= 0.3 is 0 Å². The van der Waals surface area contributed by atoms with Gasteiger partial charge in [-0.1, -0.05) is 19.1 Å². The van der Waals surface area contributed by atoms with E-state index in [0.717, 1.165) is 28.8 Å². The first kappa shape index (κ1) is 21.7. The Balaban J connectivity index is 1.38. The highest BCUT2D eigenvalue weighted by Crippen LogP contribution is 2.28. The lowest BCUT2D eigenvalue weighted by molar-refractivity contribution is -0.137. The number of hydrogen-bond donors (Lipinski definition) is 2. The van der Waals surface area contributed by atoms with E-state index in [9.17, 15) is 19.2 Å². The summed E-state index contributed by atoms with van der Waals surface area (Å²) < 4.78 is 0. The smallest absolute Gasteiger partial charge is 0.255 e. The summed E-state index contributed by atoms with van der Waals surface area (Å²) in [6.45, 7) is 4.34. The monoisotopic (exact) mass is 434 g/mol. The fourth-order valence-corrected chi connectivity index (χ4v) is 4.24. The number of carbonyl (C=O) groups is 4. The van der Waals surface area contributed by atoms with Gasteiger partial charge in [0.15, 0.2) is 0 Å². The Kier molecular flexibility index (Phi) is 6.03. The standard InChI is InChI=1S/C24H26N4O4/c1-3-16-11-18(12-25-14(16)2)26-21(29)8-5-15-4-6-17-13-28(24(32)19(17)10-15)20-7-9-22(30)27-23(20)31/h4,6,10-12,20H,3,5,7-9,13H2,1-2H3,(H,26,29)(H,27,30,31). The maximum Gasteiger partial charge on any atom is 0.255 e. The molecule has 1 fully saturated rings. The van der Waals surface area contributed by atoms with E-state index in [1.807, 2.05) is 32.0 Å². The lowest BCUT2D eigenvalue weighted by atomic mass is 10.0. The summed E-state index contributed by atoms with van der Waals surface area (Å²) in [5.41, 5.74) is 5.03. The molecular weight excluding hydrogens is 408 g/mol. The van der Waals surface area contributed by atoms with Crippen LogP contribution in [-0.4, -0.2) is 39.6 Å². The minimum atomic E-state index is -0.627. The molecule has 8 nitrogen and oxygen atoms in total. The molecule has 4 amide bonds. The highest BCUT2D eigenvalue weighted by atomic mass is 16.2. The summed E-state index contributed by atoms with van der Waals surface area (Å²) >= 11 is 0. The van der Waals surface area contributed by atoms with Crippen LogP contribution in [0.3, 0.4) is 0 Å². The Morgan fingerprint density at radius 2 is 2.06 bits per heavy atom. The Bertz CT molecular complexity index is 1110. The van der Waals surface area contributed by atoms with Crippen molar-refractivity contribution in [1.29, 1.82) is 0 Å². The average Bonchev–Trinajstić information content (AvgIpc) is 3.09. The van der Waals surface area contributed by atoms with Gasteiger partial charge in [-0.05, 0) is 55.0 Å². The van der Waals surface area contributed by atoms with Crippen LogP contribution in [0, 0.1) is 6.92 Å². The number of rotatable bonds is 6. The molecule has 1 unspecified atom stereocenters. The van der Waals surface area contributed by atoms with E-state index in [1.165, 1.54) is 4.90 Å². The minimum absolute atomic E-state index is 0.116. The molecule has 0 aliphatic carbocycles. The maximum atomic E-state index is 12.9. The molecule has 2 aromatic rings. The van der Waals surface area contributed by atoms with Gasteiger partial charge in [-0.3, -0.25) is 29.5 Å². The number of pyridine rings is 1. The van der Waals surface area contributed by atoms with Crippen molar-refractivity contribution < 1.29 is 19.2 Å². The number of benzene rings is 1. The quantitative estimate of drug-likeness (QED) is 0.678. The fourth-order valence-electron chi connectivity index (χ4n) is 4.24. The topological polar surface area (TPSA) is 108 Å². The molecule has 0 bridgehead atoms. The van der Waals surface area contributed by atoms with Gasteiger partial charge in [-0.25, -0.2) is 0 Å². The number of hydrogen-bond acceptors (Lipinski definition) is 5. The first-order valence-electron chi connectivity index (χ1n) is 10.9. The van der Waals surface area contributed by atoms with Crippen molar-refractivity contribution >= 4 is 29.3 Å². The van der Waals surface area contributed by atoms with E-state index in [0.29, 0.717) is 30.6 Å². The number of anilines is 1. The number of piperidine rings is 1. The summed E-state index contributed by atoms with van der Waals surface area (Å²) in [6.07, 6.45) is 3.84. The van der Waals surface area contributed by atoms with Gasteiger partial charge in [-0.2, -0.15) is 0 Å². The molecule has 166 valence electrons. The fraction of sp³-hybridized carbons (Fsp3) is 0.375. The highest BCUT2D eigenvalue weighted by molar-refractivity contribution is 6.05. The van der Waals surface area contributed by atoms with Gasteiger partial charge in [0.1, 0.15) is 6.04 Å². The molecular formula is C24H26N4O4. The van der Waals surface area contributed by atoms with Crippen LogP contribution in [0.4, 0.5) is 5.69 Å². The third-order valence-corrected chi connectivity index (χ3v) is 6.09. The van der Waals surface area contributed by atoms with Crippen molar-refractivity contribution in [2.45, 2.75) is 58.5 Å². The molecule has 2 aliphatic rings. The number of carbonyl (C=O) groups excluding carboxylic acids is 4. The third-order valence-electron chi connectivity index (χ3n) is 6.09. The molecule has 0 spiro atoms. The second kappa shape index (κ2) is 8.90. The number of nitrogens with zero attached hydrogens (tertiary/aromatic N) is 2. The maximum absolute atomic E-state index is 12.9.